The van der Waals surface area contributed by atoms with Crippen LogP contribution >= 0.6 is 11.3 Å². The van der Waals surface area contributed by atoms with Gasteiger partial charge < -0.3 is 14.7 Å². The second-order valence-corrected chi connectivity index (χ2v) is 10.6. The van der Waals surface area contributed by atoms with Crippen LogP contribution in [0.4, 0.5) is 0 Å². The average Bonchev–Trinajstić information content (AvgIpc) is 3.20. The monoisotopic (exact) mass is 409 g/mol. The molecular formula is C23H27N3O2S. The minimum atomic E-state index is 0.0992. The molecule has 0 unspecified atom stereocenters. The first kappa shape index (κ1) is 17.9. The smallest absolute Gasteiger partial charge is 0.135 e. The highest BCUT2D eigenvalue weighted by atomic mass is 32.1. The first-order valence-electron chi connectivity index (χ1n) is 10.8. The van der Waals surface area contributed by atoms with E-state index in [2.05, 4.69) is 4.98 Å². The normalized spacial score (nSPS) is 33.4. The highest BCUT2D eigenvalue weighted by Gasteiger charge is 2.51. The number of amidine groups is 1. The summed E-state index contributed by atoms with van der Waals surface area (Å²) in [4.78, 5) is 6.57. The predicted molar refractivity (Wildman–Crippen MR) is 115 cm³/mol. The highest BCUT2D eigenvalue weighted by molar-refractivity contribution is 7.19. The lowest BCUT2D eigenvalue weighted by Crippen LogP contribution is -2.52. The number of aliphatic hydroxyl groups is 1. The Morgan fingerprint density at radius 2 is 1.83 bits per heavy atom. The number of nitrogens with zero attached hydrogens (tertiary/aromatic N) is 2. The molecule has 2 heterocycles. The molecule has 152 valence electrons. The van der Waals surface area contributed by atoms with Crippen molar-refractivity contribution in [2.24, 2.45) is 17.8 Å². The van der Waals surface area contributed by atoms with Crippen molar-refractivity contribution in [3.8, 4) is 0 Å². The van der Waals surface area contributed by atoms with Gasteiger partial charge in [-0.05, 0) is 68.4 Å². The van der Waals surface area contributed by atoms with Gasteiger partial charge in [-0.15, -0.1) is 11.3 Å². The number of aromatic nitrogens is 1. The molecule has 7 rings (SSSR count). The van der Waals surface area contributed by atoms with Gasteiger partial charge in [0.2, 0.25) is 0 Å². The van der Waals surface area contributed by atoms with E-state index in [1.54, 1.807) is 0 Å². The standard InChI is InChI=1S/C23H27N3O2S/c24-21-20(22-25-17-3-1-2-4-19(17)29-22)18(27)13-26(21)5-6-28-23-10-14-7-15(11-23)9-16(8-14)12-23/h1-4,14-16,24,27H,5-13H2. The molecule has 5 aliphatic rings. The summed E-state index contributed by atoms with van der Waals surface area (Å²) in [6.07, 6.45) is 7.96. The second-order valence-electron chi connectivity index (χ2n) is 9.53. The third kappa shape index (κ3) is 2.99. The number of fused-ring (bicyclic) bond motifs is 1. The van der Waals surface area contributed by atoms with Crippen LogP contribution in [0.1, 0.15) is 43.5 Å². The van der Waals surface area contributed by atoms with Crippen molar-refractivity contribution in [1.82, 2.24) is 9.88 Å². The molecule has 2 N–H and O–H groups in total. The van der Waals surface area contributed by atoms with E-state index >= 15 is 0 Å². The Bertz CT molecular complexity index is 942. The maximum absolute atomic E-state index is 10.6. The molecule has 6 heteroatoms. The van der Waals surface area contributed by atoms with E-state index in [0.717, 1.165) is 33.0 Å². The zero-order valence-electron chi connectivity index (χ0n) is 16.6. The third-order valence-corrected chi connectivity index (χ3v) is 8.50. The van der Waals surface area contributed by atoms with E-state index in [9.17, 15) is 5.11 Å². The fraction of sp³-hybridized carbons (Fsp3) is 0.565. The number of rotatable bonds is 5. The van der Waals surface area contributed by atoms with Crippen LogP contribution in [0.2, 0.25) is 0 Å². The van der Waals surface area contributed by atoms with Crippen LogP contribution in [0.5, 0.6) is 0 Å². The van der Waals surface area contributed by atoms with Crippen LogP contribution in [0.3, 0.4) is 0 Å². The van der Waals surface area contributed by atoms with Gasteiger partial charge in [0.1, 0.15) is 16.6 Å². The van der Waals surface area contributed by atoms with Gasteiger partial charge >= 0.3 is 0 Å². The SMILES string of the molecule is N=C1C(c2nc3ccccc3s2)=C(O)CN1CCOC12CC3CC(CC(C3)C1)C2. The molecule has 4 bridgehead atoms. The number of nitrogens with one attached hydrogen (secondary N) is 1. The van der Waals surface area contributed by atoms with Crippen molar-refractivity contribution < 1.29 is 9.84 Å². The Labute approximate surface area is 174 Å². The molecule has 1 aromatic carbocycles. The molecule has 0 amide bonds. The number of ether oxygens (including phenoxy) is 1. The van der Waals surface area contributed by atoms with Gasteiger partial charge in [0.25, 0.3) is 0 Å². The average molecular weight is 410 g/mol. The molecule has 0 radical (unpaired) electrons. The quantitative estimate of drug-likeness (QED) is 0.741. The second kappa shape index (κ2) is 6.54. The summed E-state index contributed by atoms with van der Waals surface area (Å²) in [6, 6.07) is 7.97. The molecule has 1 aliphatic heterocycles. The first-order valence-corrected chi connectivity index (χ1v) is 11.7. The topological polar surface area (TPSA) is 69.4 Å². The minimum Gasteiger partial charge on any atom is -0.510 e. The molecule has 2 aromatic rings. The Balaban J connectivity index is 1.12. The summed E-state index contributed by atoms with van der Waals surface area (Å²) in [7, 11) is 0. The van der Waals surface area contributed by atoms with Crippen LogP contribution in [0.15, 0.2) is 30.0 Å². The molecule has 0 spiro atoms. The largest absolute Gasteiger partial charge is 0.510 e. The Morgan fingerprint density at radius 1 is 1.14 bits per heavy atom. The van der Waals surface area contributed by atoms with Gasteiger partial charge in [-0.1, -0.05) is 12.1 Å². The minimum absolute atomic E-state index is 0.0992. The molecule has 4 fully saturated rings. The summed E-state index contributed by atoms with van der Waals surface area (Å²) in [5.41, 5.74) is 1.60. The van der Waals surface area contributed by atoms with Gasteiger partial charge in [-0.3, -0.25) is 5.41 Å². The third-order valence-electron chi connectivity index (χ3n) is 7.44. The molecule has 5 nitrogen and oxygen atoms in total. The fourth-order valence-electron chi connectivity index (χ4n) is 6.61. The number of benzene rings is 1. The maximum atomic E-state index is 10.6. The van der Waals surface area contributed by atoms with Crippen molar-refractivity contribution in [1.29, 1.82) is 5.41 Å². The van der Waals surface area contributed by atoms with Crippen LogP contribution in [-0.4, -0.2) is 46.1 Å². The number of hydrogen-bond acceptors (Lipinski definition) is 5. The lowest BCUT2D eigenvalue weighted by atomic mass is 9.54. The van der Waals surface area contributed by atoms with Gasteiger partial charge in [-0.2, -0.15) is 0 Å². The predicted octanol–water partition coefficient (Wildman–Crippen LogP) is 4.84. The summed E-state index contributed by atoms with van der Waals surface area (Å²) in [5.74, 6) is 3.26. The molecule has 0 saturated heterocycles. The van der Waals surface area contributed by atoms with Crippen molar-refractivity contribution in [3.63, 3.8) is 0 Å². The zero-order chi connectivity index (χ0) is 19.6. The molecule has 4 aliphatic carbocycles. The summed E-state index contributed by atoms with van der Waals surface area (Å²) < 4.78 is 7.61. The summed E-state index contributed by atoms with van der Waals surface area (Å²) >= 11 is 1.54. The Morgan fingerprint density at radius 3 is 2.52 bits per heavy atom. The molecule has 29 heavy (non-hydrogen) atoms. The molecular weight excluding hydrogens is 382 g/mol. The van der Waals surface area contributed by atoms with Crippen molar-refractivity contribution in [2.75, 3.05) is 19.7 Å². The van der Waals surface area contributed by atoms with Crippen LogP contribution in [0, 0.1) is 23.2 Å². The lowest BCUT2D eigenvalue weighted by molar-refractivity contribution is -0.162. The van der Waals surface area contributed by atoms with Gasteiger partial charge in [0.05, 0.1) is 34.5 Å². The molecule has 1 aromatic heterocycles. The fourth-order valence-corrected chi connectivity index (χ4v) is 7.64. The van der Waals surface area contributed by atoms with Gasteiger partial charge in [-0.25, -0.2) is 4.98 Å². The van der Waals surface area contributed by atoms with Crippen LogP contribution in [-0.2, 0) is 4.74 Å². The number of hydrogen-bond donors (Lipinski definition) is 2. The molecule has 4 saturated carbocycles. The summed E-state index contributed by atoms with van der Waals surface area (Å²) in [5, 5.41) is 19.9. The van der Waals surface area contributed by atoms with E-state index in [4.69, 9.17) is 10.1 Å². The van der Waals surface area contributed by atoms with E-state index in [1.807, 2.05) is 29.2 Å². The first-order chi connectivity index (χ1) is 14.1. The lowest BCUT2D eigenvalue weighted by Gasteiger charge is -2.56. The van der Waals surface area contributed by atoms with E-state index < -0.39 is 0 Å². The van der Waals surface area contributed by atoms with Crippen molar-refractivity contribution in [2.45, 2.75) is 44.1 Å². The van der Waals surface area contributed by atoms with Crippen molar-refractivity contribution >= 4 is 33.0 Å². The van der Waals surface area contributed by atoms with Crippen LogP contribution < -0.4 is 0 Å². The Kier molecular flexibility index (Phi) is 4.04. The number of para-hydroxylation sites is 1. The van der Waals surface area contributed by atoms with Gasteiger partial charge in [0, 0.05) is 6.54 Å². The number of thiazole rings is 1. The molecule has 0 atom stereocenters. The van der Waals surface area contributed by atoms with E-state index in [0.29, 0.717) is 31.1 Å². The van der Waals surface area contributed by atoms with E-state index in [1.165, 1.54) is 49.9 Å². The number of aliphatic hydroxyl groups excluding tert-OH is 1. The Hall–Kier alpha value is -1.92. The van der Waals surface area contributed by atoms with Gasteiger partial charge in [0.15, 0.2) is 0 Å². The van der Waals surface area contributed by atoms with Crippen molar-refractivity contribution in [3.05, 3.63) is 35.0 Å². The zero-order valence-corrected chi connectivity index (χ0v) is 17.4. The highest BCUT2D eigenvalue weighted by Crippen LogP contribution is 2.57. The maximum Gasteiger partial charge on any atom is 0.135 e. The van der Waals surface area contributed by atoms with E-state index in [-0.39, 0.29) is 11.4 Å². The summed E-state index contributed by atoms with van der Waals surface area (Å²) in [6.45, 7) is 1.67. The van der Waals surface area contributed by atoms with Crippen LogP contribution in [0.25, 0.3) is 15.8 Å².